The van der Waals surface area contributed by atoms with Crippen LogP contribution in [-0.4, -0.2) is 45.9 Å². The van der Waals surface area contributed by atoms with Crippen molar-refractivity contribution in [2.75, 3.05) is 20.6 Å². The number of piperidine rings is 1. The zero-order valence-electron chi connectivity index (χ0n) is 20.7. The Labute approximate surface area is 215 Å². The quantitative estimate of drug-likeness (QED) is 0.366. The second kappa shape index (κ2) is 9.97. The third-order valence-electron chi connectivity index (χ3n) is 7.03. The van der Waals surface area contributed by atoms with Crippen molar-refractivity contribution in [3.63, 3.8) is 0 Å². The molecule has 2 unspecified atom stereocenters. The fourth-order valence-electron chi connectivity index (χ4n) is 5.31. The summed E-state index contributed by atoms with van der Waals surface area (Å²) >= 11 is 0. The van der Waals surface area contributed by atoms with Gasteiger partial charge in [0.25, 0.3) is 0 Å². The zero-order chi connectivity index (χ0) is 27.2. The van der Waals surface area contributed by atoms with Gasteiger partial charge >= 0.3 is 12.4 Å². The summed E-state index contributed by atoms with van der Waals surface area (Å²) in [6.45, 7) is 0.614. The molecule has 0 amide bonds. The average Bonchev–Trinajstić information content (AvgIpc) is 3.28. The highest BCUT2D eigenvalue weighted by molar-refractivity contribution is 5.33. The molecule has 2 aliphatic rings. The van der Waals surface area contributed by atoms with Gasteiger partial charge in [0.1, 0.15) is 11.4 Å². The summed E-state index contributed by atoms with van der Waals surface area (Å²) in [7, 11) is 3.71. The highest BCUT2D eigenvalue weighted by Crippen LogP contribution is 2.58. The van der Waals surface area contributed by atoms with Crippen LogP contribution in [0.2, 0.25) is 0 Å². The minimum atomic E-state index is -4.94. The van der Waals surface area contributed by atoms with Gasteiger partial charge in [-0.25, -0.2) is 0 Å². The van der Waals surface area contributed by atoms with Crippen LogP contribution in [0.4, 0.5) is 26.3 Å². The number of rotatable bonds is 8. The number of alkyl halides is 6. The Balaban J connectivity index is 1.50. The molecule has 0 spiro atoms. The number of fused-ring (bicyclic) bond motifs is 1. The topological polar surface area (TPSA) is 57.3 Å². The zero-order valence-corrected chi connectivity index (χ0v) is 20.7. The average molecular weight is 540 g/mol. The molecule has 0 radical (unpaired) electrons. The summed E-state index contributed by atoms with van der Waals surface area (Å²) in [6.07, 6.45) is -9.65. The largest absolute Gasteiger partial charge is 0.416 e. The summed E-state index contributed by atoms with van der Waals surface area (Å²) in [5.41, 5.74) is -0.850. The van der Waals surface area contributed by atoms with Gasteiger partial charge in [-0.1, -0.05) is 30.3 Å². The van der Waals surface area contributed by atoms with E-state index in [2.05, 4.69) is 20.3 Å². The Morgan fingerprint density at radius 3 is 2.26 bits per heavy atom. The van der Waals surface area contributed by atoms with Gasteiger partial charge in [-0.15, -0.1) is 0 Å². The Morgan fingerprint density at radius 2 is 1.66 bits per heavy atom. The van der Waals surface area contributed by atoms with Gasteiger partial charge in [0.2, 0.25) is 0 Å². The van der Waals surface area contributed by atoms with Crippen LogP contribution in [0.5, 0.6) is 0 Å². The molecule has 5 rings (SSSR count). The number of ether oxygens (including phenoxy) is 1. The maximum absolute atomic E-state index is 13.4. The lowest BCUT2D eigenvalue weighted by Crippen LogP contribution is -2.34. The number of hydrogen-bond acceptors (Lipinski definition) is 5. The number of hydrogen-bond donors (Lipinski definition) is 1. The maximum Gasteiger partial charge on any atom is 0.416 e. The number of aromatic nitrogens is 3. The van der Waals surface area contributed by atoms with E-state index in [1.807, 2.05) is 49.3 Å². The molecule has 1 aliphatic heterocycles. The molecular weight excluding hydrogens is 512 g/mol. The van der Waals surface area contributed by atoms with E-state index < -0.39 is 36.3 Å². The van der Waals surface area contributed by atoms with Gasteiger partial charge in [0.15, 0.2) is 6.23 Å². The van der Waals surface area contributed by atoms with Gasteiger partial charge < -0.3 is 9.64 Å². The van der Waals surface area contributed by atoms with Crippen molar-refractivity contribution in [3.8, 4) is 0 Å². The van der Waals surface area contributed by atoms with Crippen molar-refractivity contribution < 1.29 is 31.1 Å². The lowest BCUT2D eigenvalue weighted by molar-refractivity contribution is -0.143. The SMILES string of the molecule is CN(C)Cc1n[nH]nc1[C@H](OCc1cc(C(F)(F)F)cc(C(F)(F)F)c1)N1CC2CC2[C@H]1c1ccccc1. The van der Waals surface area contributed by atoms with Crippen LogP contribution in [0.15, 0.2) is 48.5 Å². The van der Waals surface area contributed by atoms with Gasteiger partial charge in [-0.2, -0.15) is 41.8 Å². The lowest BCUT2D eigenvalue weighted by Gasteiger charge is -2.34. The molecule has 1 aliphatic carbocycles. The molecule has 38 heavy (non-hydrogen) atoms. The number of nitrogens with zero attached hydrogens (tertiary/aromatic N) is 4. The Morgan fingerprint density at radius 1 is 1.00 bits per heavy atom. The normalized spacial score (nSPS) is 22.6. The smallest absolute Gasteiger partial charge is 0.352 e. The fourth-order valence-corrected chi connectivity index (χ4v) is 5.31. The van der Waals surface area contributed by atoms with Crippen LogP contribution in [0, 0.1) is 11.8 Å². The van der Waals surface area contributed by atoms with Crippen molar-refractivity contribution in [1.29, 1.82) is 0 Å². The van der Waals surface area contributed by atoms with E-state index in [0.717, 1.165) is 12.0 Å². The van der Waals surface area contributed by atoms with Crippen LogP contribution < -0.4 is 0 Å². The standard InChI is InChI=1S/C26H27F6N5O/c1-36(2)13-21-22(34-35-33-21)24(37-12-17-10-20(17)23(37)16-6-4-3-5-7-16)38-14-15-8-18(25(27,28)29)11-19(9-15)26(30,31)32/h3-9,11,17,20,23-24H,10,12-14H2,1-2H3,(H,33,34,35)/t17?,20?,23-,24+/m1/s1. The third kappa shape index (κ3) is 5.57. The van der Waals surface area contributed by atoms with Crippen molar-refractivity contribution >= 4 is 0 Å². The van der Waals surface area contributed by atoms with Crippen LogP contribution in [0.1, 0.15) is 52.3 Å². The van der Waals surface area contributed by atoms with Crippen LogP contribution in [-0.2, 0) is 30.2 Å². The monoisotopic (exact) mass is 539 g/mol. The molecule has 1 saturated heterocycles. The van der Waals surface area contributed by atoms with Crippen molar-refractivity contribution in [2.24, 2.45) is 11.8 Å². The number of aromatic amines is 1. The second-order valence-electron chi connectivity index (χ2n) is 10.2. The molecule has 2 aromatic carbocycles. The van der Waals surface area contributed by atoms with Crippen molar-refractivity contribution in [3.05, 3.63) is 82.2 Å². The van der Waals surface area contributed by atoms with E-state index >= 15 is 0 Å². The summed E-state index contributed by atoms with van der Waals surface area (Å²) in [6, 6.07) is 11.3. The van der Waals surface area contributed by atoms with Gasteiger partial charge in [-0.3, -0.25) is 4.90 Å². The van der Waals surface area contributed by atoms with Crippen LogP contribution in [0.3, 0.4) is 0 Å². The Bertz CT molecular complexity index is 1230. The second-order valence-corrected chi connectivity index (χ2v) is 10.2. The first kappa shape index (κ1) is 26.6. The molecule has 1 aromatic heterocycles. The van der Waals surface area contributed by atoms with Gasteiger partial charge in [-0.05, 0) is 61.7 Å². The molecule has 2 fully saturated rings. The summed E-state index contributed by atoms with van der Waals surface area (Å²) in [5, 5.41) is 11.2. The van der Waals surface area contributed by atoms with Crippen molar-refractivity contribution in [2.45, 2.75) is 44.2 Å². The minimum absolute atomic E-state index is 0.0256. The van der Waals surface area contributed by atoms with E-state index in [0.29, 0.717) is 48.4 Å². The number of likely N-dealkylation sites (tertiary alicyclic amines) is 1. The highest BCUT2D eigenvalue weighted by Gasteiger charge is 2.55. The summed E-state index contributed by atoms with van der Waals surface area (Å²) in [4.78, 5) is 3.99. The molecule has 1 N–H and O–H groups in total. The molecule has 0 bridgehead atoms. The molecule has 3 aromatic rings. The molecule has 1 saturated carbocycles. The van der Waals surface area contributed by atoms with Crippen LogP contribution >= 0.6 is 0 Å². The number of nitrogens with one attached hydrogen (secondary N) is 1. The Hall–Kier alpha value is -2.96. The lowest BCUT2D eigenvalue weighted by atomic mass is 10.0. The third-order valence-corrected chi connectivity index (χ3v) is 7.03. The predicted molar refractivity (Wildman–Crippen MR) is 125 cm³/mol. The highest BCUT2D eigenvalue weighted by atomic mass is 19.4. The molecule has 12 heteroatoms. The number of benzene rings is 2. The predicted octanol–water partition coefficient (Wildman–Crippen LogP) is 5.81. The molecule has 2 heterocycles. The molecule has 6 nitrogen and oxygen atoms in total. The fraction of sp³-hybridized carbons (Fsp3) is 0.462. The van der Waals surface area contributed by atoms with Gasteiger partial charge in [0.05, 0.1) is 17.7 Å². The molecule has 4 atom stereocenters. The van der Waals surface area contributed by atoms with Gasteiger partial charge in [0, 0.05) is 19.1 Å². The molecule has 204 valence electrons. The van der Waals surface area contributed by atoms with E-state index in [1.165, 1.54) is 0 Å². The van der Waals surface area contributed by atoms with E-state index in [4.69, 9.17) is 4.74 Å². The first-order valence-corrected chi connectivity index (χ1v) is 12.2. The summed E-state index contributed by atoms with van der Waals surface area (Å²) < 4.78 is 86.7. The minimum Gasteiger partial charge on any atom is -0.352 e. The van der Waals surface area contributed by atoms with E-state index in [9.17, 15) is 26.3 Å². The van der Waals surface area contributed by atoms with Crippen molar-refractivity contribution in [1.82, 2.24) is 25.2 Å². The van der Waals surface area contributed by atoms with E-state index in [-0.39, 0.29) is 17.7 Å². The first-order valence-electron chi connectivity index (χ1n) is 12.2. The molecular formula is C26H27F6N5O. The summed E-state index contributed by atoms with van der Waals surface area (Å²) in [5.74, 6) is 0.819. The number of halogens is 6. The van der Waals surface area contributed by atoms with E-state index in [1.54, 1.807) is 0 Å². The Kier molecular flexibility index (Phi) is 6.99. The van der Waals surface area contributed by atoms with Crippen LogP contribution in [0.25, 0.3) is 0 Å². The number of H-pyrrole nitrogens is 1. The first-order chi connectivity index (χ1) is 17.9. The maximum atomic E-state index is 13.4.